The van der Waals surface area contributed by atoms with Crippen molar-refractivity contribution < 1.29 is 9.90 Å². The minimum atomic E-state index is -1.18. The summed E-state index contributed by atoms with van der Waals surface area (Å²) < 4.78 is 0. The molecule has 22 heavy (non-hydrogen) atoms. The van der Waals surface area contributed by atoms with Crippen LogP contribution in [0.15, 0.2) is 54.9 Å². The number of benzene rings is 1. The van der Waals surface area contributed by atoms with E-state index < -0.39 is 5.60 Å². The second-order valence-corrected chi connectivity index (χ2v) is 5.63. The van der Waals surface area contributed by atoms with Crippen LogP contribution in [0.25, 0.3) is 0 Å². The summed E-state index contributed by atoms with van der Waals surface area (Å²) in [6, 6.07) is 13.0. The zero-order valence-electron chi connectivity index (χ0n) is 13.0. The Labute approximate surface area is 131 Å². The molecule has 4 nitrogen and oxygen atoms in total. The summed E-state index contributed by atoms with van der Waals surface area (Å²) in [5, 5.41) is 13.5. The average Bonchev–Trinajstić information content (AvgIpc) is 2.54. The smallest absolute Gasteiger partial charge is 0.223 e. The van der Waals surface area contributed by atoms with Crippen molar-refractivity contribution in [3.8, 4) is 0 Å². The third kappa shape index (κ3) is 4.15. The summed E-state index contributed by atoms with van der Waals surface area (Å²) in [4.78, 5) is 16.3. The Bertz CT molecular complexity index is 597. The summed E-state index contributed by atoms with van der Waals surface area (Å²) in [6.45, 7) is 3.68. The first-order chi connectivity index (χ1) is 10.5. The molecule has 4 heteroatoms. The summed E-state index contributed by atoms with van der Waals surface area (Å²) in [6.07, 6.45) is 4.23. The zero-order chi connectivity index (χ0) is 16.0. The average molecular weight is 298 g/mol. The van der Waals surface area contributed by atoms with E-state index in [0.717, 1.165) is 17.5 Å². The van der Waals surface area contributed by atoms with Crippen molar-refractivity contribution in [3.05, 3.63) is 66.0 Å². The number of carbonyl (C=O) groups is 1. The third-order valence-corrected chi connectivity index (χ3v) is 3.75. The molecule has 116 valence electrons. The van der Waals surface area contributed by atoms with Crippen molar-refractivity contribution >= 4 is 5.91 Å². The molecule has 1 heterocycles. The molecule has 0 bridgehead atoms. The topological polar surface area (TPSA) is 62.2 Å². The minimum Gasteiger partial charge on any atom is -0.385 e. The van der Waals surface area contributed by atoms with Crippen LogP contribution in [0.2, 0.25) is 0 Å². The van der Waals surface area contributed by atoms with E-state index in [4.69, 9.17) is 0 Å². The number of rotatable bonds is 6. The molecule has 0 radical (unpaired) electrons. The number of aromatic nitrogens is 1. The van der Waals surface area contributed by atoms with Crippen LogP contribution in [0.1, 0.15) is 43.9 Å². The fourth-order valence-electron chi connectivity index (χ4n) is 2.47. The summed E-state index contributed by atoms with van der Waals surface area (Å²) in [7, 11) is 0. The van der Waals surface area contributed by atoms with Gasteiger partial charge in [-0.25, -0.2) is 0 Å². The van der Waals surface area contributed by atoms with Crippen LogP contribution in [-0.2, 0) is 10.4 Å². The first-order valence-electron chi connectivity index (χ1n) is 7.50. The molecular formula is C18H22N2O2. The van der Waals surface area contributed by atoms with E-state index in [-0.39, 0.29) is 18.4 Å². The van der Waals surface area contributed by atoms with Crippen LogP contribution < -0.4 is 5.32 Å². The number of hydrogen-bond acceptors (Lipinski definition) is 3. The molecule has 2 unspecified atom stereocenters. The number of pyridine rings is 1. The zero-order valence-corrected chi connectivity index (χ0v) is 13.0. The standard InChI is InChI=1S/C18H22N2O2/c1-3-16(14-9-11-19-12-10-14)20-17(21)13-18(2,22)15-7-5-4-6-8-15/h4-12,16,22H,3,13H2,1-2H3,(H,20,21). The van der Waals surface area contributed by atoms with Gasteiger partial charge in [0.2, 0.25) is 5.91 Å². The maximum absolute atomic E-state index is 12.3. The van der Waals surface area contributed by atoms with Gasteiger partial charge < -0.3 is 10.4 Å². The van der Waals surface area contributed by atoms with E-state index in [1.165, 1.54) is 0 Å². The van der Waals surface area contributed by atoms with E-state index in [0.29, 0.717) is 0 Å². The predicted molar refractivity (Wildman–Crippen MR) is 86.0 cm³/mol. The SMILES string of the molecule is CCC(NC(=O)CC(C)(O)c1ccccc1)c1ccncc1. The lowest BCUT2D eigenvalue weighted by Gasteiger charge is -2.25. The third-order valence-electron chi connectivity index (χ3n) is 3.75. The maximum Gasteiger partial charge on any atom is 0.223 e. The van der Waals surface area contributed by atoms with Gasteiger partial charge in [0.15, 0.2) is 0 Å². The molecule has 0 aliphatic heterocycles. The van der Waals surface area contributed by atoms with Crippen molar-refractivity contribution in [2.45, 2.75) is 38.3 Å². The lowest BCUT2D eigenvalue weighted by atomic mass is 9.92. The normalized spacial score (nSPS) is 14.9. The number of amides is 1. The van der Waals surface area contributed by atoms with E-state index in [2.05, 4.69) is 10.3 Å². The van der Waals surface area contributed by atoms with Gasteiger partial charge in [0.05, 0.1) is 18.1 Å². The maximum atomic E-state index is 12.3. The van der Waals surface area contributed by atoms with Gasteiger partial charge in [-0.2, -0.15) is 0 Å². The number of aliphatic hydroxyl groups is 1. The highest BCUT2D eigenvalue weighted by Crippen LogP contribution is 2.25. The van der Waals surface area contributed by atoms with Crippen molar-refractivity contribution in [2.75, 3.05) is 0 Å². The van der Waals surface area contributed by atoms with Gasteiger partial charge in [0.25, 0.3) is 0 Å². The quantitative estimate of drug-likeness (QED) is 0.862. The first kappa shape index (κ1) is 16.2. The Kier molecular flexibility index (Phi) is 5.28. The Balaban J connectivity index is 2.03. The van der Waals surface area contributed by atoms with Crippen molar-refractivity contribution in [3.63, 3.8) is 0 Å². The van der Waals surface area contributed by atoms with Gasteiger partial charge in [-0.1, -0.05) is 37.3 Å². The molecule has 2 atom stereocenters. The number of carbonyl (C=O) groups excluding carboxylic acids is 1. The molecule has 1 amide bonds. The van der Waals surface area contributed by atoms with E-state index in [1.807, 2.05) is 49.4 Å². The fraction of sp³-hybridized carbons (Fsp3) is 0.333. The van der Waals surface area contributed by atoms with E-state index in [9.17, 15) is 9.90 Å². The van der Waals surface area contributed by atoms with Crippen LogP contribution in [0.3, 0.4) is 0 Å². The van der Waals surface area contributed by atoms with Gasteiger partial charge >= 0.3 is 0 Å². The molecule has 2 N–H and O–H groups in total. The monoisotopic (exact) mass is 298 g/mol. The van der Waals surface area contributed by atoms with Gasteiger partial charge in [-0.15, -0.1) is 0 Å². The lowest BCUT2D eigenvalue weighted by molar-refractivity contribution is -0.126. The van der Waals surface area contributed by atoms with E-state index in [1.54, 1.807) is 19.3 Å². The predicted octanol–water partition coefficient (Wildman–Crippen LogP) is 2.95. The molecule has 2 rings (SSSR count). The highest BCUT2D eigenvalue weighted by Gasteiger charge is 2.27. The van der Waals surface area contributed by atoms with Gasteiger partial charge in [-0.05, 0) is 36.6 Å². The van der Waals surface area contributed by atoms with Gasteiger partial charge in [0.1, 0.15) is 0 Å². The molecule has 1 aromatic carbocycles. The van der Waals surface area contributed by atoms with Gasteiger partial charge in [-0.3, -0.25) is 9.78 Å². The van der Waals surface area contributed by atoms with Crippen LogP contribution in [0.5, 0.6) is 0 Å². The molecule has 0 aliphatic rings. The molecule has 0 saturated heterocycles. The van der Waals surface area contributed by atoms with Crippen molar-refractivity contribution in [2.24, 2.45) is 0 Å². The second-order valence-electron chi connectivity index (χ2n) is 5.63. The number of hydrogen-bond donors (Lipinski definition) is 2. The lowest BCUT2D eigenvalue weighted by Crippen LogP contribution is -2.34. The van der Waals surface area contributed by atoms with Crippen molar-refractivity contribution in [1.82, 2.24) is 10.3 Å². The Morgan fingerprint density at radius 3 is 2.45 bits per heavy atom. The second kappa shape index (κ2) is 7.18. The van der Waals surface area contributed by atoms with Crippen LogP contribution >= 0.6 is 0 Å². The molecule has 0 spiro atoms. The molecule has 1 aromatic heterocycles. The highest BCUT2D eigenvalue weighted by atomic mass is 16.3. The van der Waals surface area contributed by atoms with E-state index >= 15 is 0 Å². The first-order valence-corrected chi connectivity index (χ1v) is 7.50. The van der Waals surface area contributed by atoms with Crippen LogP contribution in [0.4, 0.5) is 0 Å². The summed E-state index contributed by atoms with van der Waals surface area (Å²) in [5.41, 5.74) is 0.578. The Hall–Kier alpha value is -2.20. The molecular weight excluding hydrogens is 276 g/mol. The fourth-order valence-corrected chi connectivity index (χ4v) is 2.47. The molecule has 2 aromatic rings. The molecule has 0 aliphatic carbocycles. The van der Waals surface area contributed by atoms with Crippen molar-refractivity contribution in [1.29, 1.82) is 0 Å². The summed E-state index contributed by atoms with van der Waals surface area (Å²) in [5.74, 6) is -0.169. The number of nitrogens with one attached hydrogen (secondary N) is 1. The van der Waals surface area contributed by atoms with Crippen LogP contribution in [0, 0.1) is 0 Å². The van der Waals surface area contributed by atoms with Crippen LogP contribution in [-0.4, -0.2) is 16.0 Å². The van der Waals surface area contributed by atoms with Gasteiger partial charge in [0, 0.05) is 12.4 Å². The summed E-state index contributed by atoms with van der Waals surface area (Å²) >= 11 is 0. The minimum absolute atomic E-state index is 0.0264. The Morgan fingerprint density at radius 1 is 1.23 bits per heavy atom. The highest BCUT2D eigenvalue weighted by molar-refractivity contribution is 5.77. The number of nitrogens with zero attached hydrogens (tertiary/aromatic N) is 1. The largest absolute Gasteiger partial charge is 0.385 e. The Morgan fingerprint density at radius 2 is 1.86 bits per heavy atom. The molecule has 0 fully saturated rings. The molecule has 0 saturated carbocycles.